The Hall–Kier alpha value is -3.54. The molecule has 1 aromatic heterocycles. The quantitative estimate of drug-likeness (QED) is 0.545. The number of anilines is 1. The molecule has 0 bridgehead atoms. The van der Waals surface area contributed by atoms with Crippen LogP contribution in [0.3, 0.4) is 0 Å². The molecule has 0 amide bonds. The molecule has 1 atom stereocenters. The van der Waals surface area contributed by atoms with Gasteiger partial charge in [0, 0.05) is 22.3 Å². The summed E-state index contributed by atoms with van der Waals surface area (Å²) >= 11 is 0. The topological polar surface area (TPSA) is 98.0 Å². The van der Waals surface area contributed by atoms with Crippen molar-refractivity contribution in [2.45, 2.75) is 12.8 Å². The number of carbonyl (C=O) groups is 1. The van der Waals surface area contributed by atoms with Gasteiger partial charge < -0.3 is 10.4 Å². The number of carbonyl (C=O) groups excluding carboxylic acids is 1. The van der Waals surface area contributed by atoms with Gasteiger partial charge in [-0.1, -0.05) is 42.0 Å². The molecule has 2 aromatic carbocycles. The predicted octanol–water partition coefficient (Wildman–Crippen LogP) is 2.88. The molecule has 0 radical (unpaired) electrons. The number of aromatic amines is 2. The molecule has 0 spiro atoms. The van der Waals surface area contributed by atoms with E-state index in [9.17, 15) is 14.7 Å². The van der Waals surface area contributed by atoms with E-state index in [2.05, 4.69) is 15.5 Å². The summed E-state index contributed by atoms with van der Waals surface area (Å²) in [4.78, 5) is 25.6. The lowest BCUT2D eigenvalue weighted by molar-refractivity contribution is 0.103. The maximum atomic E-state index is 13.2. The Morgan fingerprint density at radius 2 is 1.77 bits per heavy atom. The van der Waals surface area contributed by atoms with Crippen molar-refractivity contribution in [3.05, 3.63) is 86.2 Å². The Balaban J connectivity index is 1.84. The van der Waals surface area contributed by atoms with Gasteiger partial charge in [-0.3, -0.25) is 19.8 Å². The summed E-state index contributed by atoms with van der Waals surface area (Å²) in [6, 6.07) is 12.6. The van der Waals surface area contributed by atoms with Gasteiger partial charge >= 0.3 is 0 Å². The fourth-order valence-electron chi connectivity index (χ4n) is 3.94. The second-order valence-electron chi connectivity index (χ2n) is 6.65. The molecular weight excluding hydrogens is 330 g/mol. The highest BCUT2D eigenvalue weighted by Gasteiger charge is 2.42. The van der Waals surface area contributed by atoms with Gasteiger partial charge in [-0.2, -0.15) is 0 Å². The van der Waals surface area contributed by atoms with Crippen molar-refractivity contribution in [2.24, 2.45) is 0 Å². The lowest BCUT2D eigenvalue weighted by atomic mass is 9.81. The van der Waals surface area contributed by atoms with Crippen molar-refractivity contribution < 1.29 is 9.90 Å². The summed E-state index contributed by atoms with van der Waals surface area (Å²) in [5, 5.41) is 19.1. The lowest BCUT2D eigenvalue weighted by Crippen LogP contribution is -2.23. The Morgan fingerprint density at radius 1 is 1.00 bits per heavy atom. The average Bonchev–Trinajstić information content (AvgIpc) is 3.15. The van der Waals surface area contributed by atoms with Crippen molar-refractivity contribution in [3.8, 4) is 5.75 Å². The number of aromatic hydroxyl groups is 1. The lowest BCUT2D eigenvalue weighted by Gasteiger charge is -2.25. The molecule has 0 unspecified atom stereocenters. The van der Waals surface area contributed by atoms with Crippen LogP contribution in [-0.2, 0) is 0 Å². The van der Waals surface area contributed by atoms with Gasteiger partial charge in [0.15, 0.2) is 5.78 Å². The number of aryl methyl sites for hydroxylation is 1. The van der Waals surface area contributed by atoms with E-state index in [0.717, 1.165) is 11.1 Å². The van der Waals surface area contributed by atoms with Gasteiger partial charge in [0.05, 0.1) is 17.2 Å². The number of fused-ring (bicyclic) bond motifs is 3. The first kappa shape index (κ1) is 14.8. The minimum absolute atomic E-state index is 0.0599. The number of hydrogen-bond donors (Lipinski definition) is 4. The van der Waals surface area contributed by atoms with Crippen LogP contribution in [0.1, 0.15) is 38.5 Å². The number of ketones is 1. The van der Waals surface area contributed by atoms with E-state index in [1.54, 1.807) is 18.2 Å². The fraction of sp³-hybridized carbons (Fsp3) is 0.100. The first-order chi connectivity index (χ1) is 12.6. The van der Waals surface area contributed by atoms with Gasteiger partial charge in [-0.25, -0.2) is 0 Å². The smallest absolute Gasteiger partial charge is 0.270 e. The Kier molecular flexibility index (Phi) is 2.83. The molecule has 2 aliphatic rings. The third kappa shape index (κ3) is 1.81. The zero-order valence-electron chi connectivity index (χ0n) is 13.9. The van der Waals surface area contributed by atoms with Crippen molar-refractivity contribution in [1.82, 2.24) is 10.2 Å². The number of nitrogens with one attached hydrogen (secondary N) is 3. The van der Waals surface area contributed by atoms with Crippen LogP contribution < -0.4 is 10.9 Å². The number of benzene rings is 2. The van der Waals surface area contributed by atoms with Gasteiger partial charge in [-0.05, 0) is 13.0 Å². The molecule has 0 saturated carbocycles. The summed E-state index contributed by atoms with van der Waals surface area (Å²) in [5.74, 6) is -0.190. The van der Waals surface area contributed by atoms with Gasteiger partial charge in [0.25, 0.3) is 5.56 Å². The van der Waals surface area contributed by atoms with Crippen LogP contribution >= 0.6 is 0 Å². The summed E-state index contributed by atoms with van der Waals surface area (Å²) in [5.41, 5.74) is 4.16. The van der Waals surface area contributed by atoms with Crippen LogP contribution in [0.4, 0.5) is 5.82 Å². The van der Waals surface area contributed by atoms with Crippen LogP contribution in [0.2, 0.25) is 0 Å². The highest BCUT2D eigenvalue weighted by Crippen LogP contribution is 2.49. The van der Waals surface area contributed by atoms with E-state index < -0.39 is 5.92 Å². The van der Waals surface area contributed by atoms with E-state index in [0.29, 0.717) is 33.8 Å². The predicted molar refractivity (Wildman–Crippen MR) is 97.4 cm³/mol. The molecule has 4 N–H and O–H groups in total. The maximum absolute atomic E-state index is 13.2. The summed E-state index contributed by atoms with van der Waals surface area (Å²) < 4.78 is 0. The number of phenolic OH excluding ortho intramolecular Hbond substituents is 1. The molecule has 0 fully saturated rings. The first-order valence-electron chi connectivity index (χ1n) is 8.31. The second kappa shape index (κ2) is 4.98. The van der Waals surface area contributed by atoms with Crippen LogP contribution in [0.5, 0.6) is 5.75 Å². The zero-order chi connectivity index (χ0) is 18.0. The molecule has 5 rings (SSSR count). The second-order valence-corrected chi connectivity index (χ2v) is 6.65. The minimum Gasteiger partial charge on any atom is -0.508 e. The van der Waals surface area contributed by atoms with Crippen LogP contribution in [0.15, 0.2) is 52.8 Å². The molecule has 1 aliphatic carbocycles. The number of aromatic nitrogens is 2. The average molecular weight is 345 g/mol. The van der Waals surface area contributed by atoms with Crippen molar-refractivity contribution in [1.29, 1.82) is 0 Å². The molecule has 1 aliphatic heterocycles. The monoisotopic (exact) mass is 345 g/mol. The van der Waals surface area contributed by atoms with E-state index >= 15 is 0 Å². The van der Waals surface area contributed by atoms with Gasteiger partial charge in [0.1, 0.15) is 11.6 Å². The number of allylic oxidation sites excluding steroid dienone is 1. The third-order valence-corrected chi connectivity index (χ3v) is 5.09. The van der Waals surface area contributed by atoms with Crippen molar-refractivity contribution in [2.75, 3.05) is 5.32 Å². The standard InChI is InChI=1S/C20H15N3O3/c1-9-6-7-13(24)12(8-9)14-15-17(21-19-16(14)20(26)23-22-19)10-4-2-3-5-11(10)18(15)25/h2-8,14,24H,1H3,(H3,21,22,23,26)/t14-/m1/s1. The SMILES string of the molecule is Cc1ccc(O)c([C@@H]2C3=C(Nc4[nH][nH]c(=O)c42)c2ccccc2C3=O)c1. The highest BCUT2D eigenvalue weighted by molar-refractivity contribution is 6.23. The molecule has 128 valence electrons. The van der Waals surface area contributed by atoms with Crippen LogP contribution in [0, 0.1) is 6.92 Å². The Bertz CT molecular complexity index is 1180. The first-order valence-corrected chi connectivity index (χ1v) is 8.31. The normalized spacial score (nSPS) is 17.6. The largest absolute Gasteiger partial charge is 0.508 e. The summed E-state index contributed by atoms with van der Waals surface area (Å²) in [7, 11) is 0. The number of Topliss-reactive ketones (excluding diaryl/α,β-unsaturated/α-hetero) is 1. The number of hydrogen-bond acceptors (Lipinski definition) is 4. The fourth-order valence-corrected chi connectivity index (χ4v) is 3.94. The Labute approximate surface area is 148 Å². The summed E-state index contributed by atoms with van der Waals surface area (Å²) in [6.45, 7) is 1.91. The Morgan fingerprint density at radius 3 is 2.58 bits per heavy atom. The van der Waals surface area contributed by atoms with Crippen LogP contribution in [-0.4, -0.2) is 21.1 Å². The van der Waals surface area contributed by atoms with E-state index in [-0.39, 0.29) is 17.1 Å². The van der Waals surface area contributed by atoms with Crippen molar-refractivity contribution in [3.63, 3.8) is 0 Å². The molecule has 0 saturated heterocycles. The van der Waals surface area contributed by atoms with Gasteiger partial charge in [-0.15, -0.1) is 0 Å². The molecule has 6 heteroatoms. The molecule has 2 heterocycles. The molecule has 26 heavy (non-hydrogen) atoms. The summed E-state index contributed by atoms with van der Waals surface area (Å²) in [6.07, 6.45) is 0. The van der Waals surface area contributed by atoms with Crippen molar-refractivity contribution >= 4 is 17.3 Å². The van der Waals surface area contributed by atoms with Crippen LogP contribution in [0.25, 0.3) is 5.70 Å². The van der Waals surface area contributed by atoms with E-state index in [4.69, 9.17) is 0 Å². The maximum Gasteiger partial charge on any atom is 0.270 e. The molecular formula is C20H15N3O3. The molecule has 3 aromatic rings. The highest BCUT2D eigenvalue weighted by atomic mass is 16.3. The number of phenols is 1. The number of H-pyrrole nitrogens is 2. The van der Waals surface area contributed by atoms with E-state index in [1.807, 2.05) is 31.2 Å². The zero-order valence-corrected chi connectivity index (χ0v) is 13.9. The van der Waals surface area contributed by atoms with Gasteiger partial charge in [0.2, 0.25) is 0 Å². The molecule has 6 nitrogen and oxygen atoms in total. The third-order valence-electron chi connectivity index (χ3n) is 5.09. The van der Waals surface area contributed by atoms with E-state index in [1.165, 1.54) is 0 Å². The minimum atomic E-state index is -0.643. The number of rotatable bonds is 1.